The number of carbonyl (C=O) groups is 1. The van der Waals surface area contributed by atoms with Gasteiger partial charge in [0.1, 0.15) is 5.78 Å². The third-order valence-corrected chi connectivity index (χ3v) is 5.22. The van der Waals surface area contributed by atoms with E-state index in [4.69, 9.17) is 5.73 Å². The van der Waals surface area contributed by atoms with E-state index in [-0.39, 0.29) is 5.92 Å². The highest BCUT2D eigenvalue weighted by Gasteiger charge is 2.38. The molecule has 1 aliphatic rings. The Hall–Kier alpha value is -1.31. The number of carbonyl (C=O) groups excluding carboxylic acids is 1. The van der Waals surface area contributed by atoms with Gasteiger partial charge in [0, 0.05) is 17.0 Å². The Labute approximate surface area is 122 Å². The molecule has 0 aliphatic heterocycles. The zero-order valence-electron chi connectivity index (χ0n) is 13.1. The largest absolute Gasteiger partial charge is 0.399 e. The number of ketones is 1. The Kier molecular flexibility index (Phi) is 4.22. The summed E-state index contributed by atoms with van der Waals surface area (Å²) in [5.41, 5.74) is 7.14. The Balaban J connectivity index is 2.16. The van der Waals surface area contributed by atoms with E-state index in [1.165, 1.54) is 6.42 Å². The van der Waals surface area contributed by atoms with Crippen molar-refractivity contribution in [2.24, 2.45) is 17.8 Å². The lowest BCUT2D eigenvalue weighted by Gasteiger charge is -2.35. The van der Waals surface area contributed by atoms with E-state index in [0.717, 1.165) is 30.0 Å². The van der Waals surface area contributed by atoms with Crippen molar-refractivity contribution in [1.82, 2.24) is 0 Å². The molecule has 2 N–H and O–H groups in total. The molecule has 0 spiro atoms. The lowest BCUT2D eigenvalue weighted by molar-refractivity contribution is -0.129. The lowest BCUT2D eigenvalue weighted by atomic mass is 9.67. The summed E-state index contributed by atoms with van der Waals surface area (Å²) in [6.07, 6.45) is 3.26. The van der Waals surface area contributed by atoms with Crippen molar-refractivity contribution in [3.8, 4) is 0 Å². The number of Topliss-reactive ketones (excluding diaryl/α,β-unsaturated/α-hetero) is 1. The van der Waals surface area contributed by atoms with Crippen molar-refractivity contribution in [3.63, 3.8) is 0 Å². The summed E-state index contributed by atoms with van der Waals surface area (Å²) < 4.78 is 0. The highest BCUT2D eigenvalue weighted by atomic mass is 16.1. The van der Waals surface area contributed by atoms with Gasteiger partial charge >= 0.3 is 0 Å². The predicted octanol–water partition coefficient (Wildman–Crippen LogP) is 4.19. The molecule has 1 aromatic rings. The third-order valence-electron chi connectivity index (χ3n) is 5.22. The Morgan fingerprint density at radius 3 is 2.25 bits per heavy atom. The second-order valence-electron chi connectivity index (χ2n) is 7.08. The van der Waals surface area contributed by atoms with E-state index < -0.39 is 5.41 Å². The van der Waals surface area contributed by atoms with Crippen LogP contribution in [0.1, 0.15) is 52.5 Å². The average Bonchev–Trinajstić information content (AvgIpc) is 2.41. The minimum Gasteiger partial charge on any atom is -0.399 e. The van der Waals surface area contributed by atoms with Crippen molar-refractivity contribution < 1.29 is 4.79 Å². The zero-order chi connectivity index (χ0) is 14.9. The van der Waals surface area contributed by atoms with Gasteiger partial charge in [0.05, 0.1) is 0 Å². The summed E-state index contributed by atoms with van der Waals surface area (Å²) in [5, 5.41) is 0. The molecule has 2 rings (SSSR count). The van der Waals surface area contributed by atoms with Crippen molar-refractivity contribution in [2.45, 2.75) is 52.4 Å². The number of rotatable bonds is 3. The molecule has 1 fully saturated rings. The highest BCUT2D eigenvalue weighted by Crippen LogP contribution is 2.38. The van der Waals surface area contributed by atoms with Crippen LogP contribution in [0.25, 0.3) is 0 Å². The van der Waals surface area contributed by atoms with E-state index in [2.05, 4.69) is 13.8 Å². The minimum atomic E-state index is -0.418. The molecule has 2 nitrogen and oxygen atoms in total. The van der Waals surface area contributed by atoms with Crippen LogP contribution in [-0.4, -0.2) is 5.78 Å². The van der Waals surface area contributed by atoms with Gasteiger partial charge in [-0.15, -0.1) is 0 Å². The van der Waals surface area contributed by atoms with Crippen LogP contribution in [0, 0.1) is 17.8 Å². The summed E-state index contributed by atoms with van der Waals surface area (Å²) in [6.45, 7) is 8.67. The molecule has 3 unspecified atom stereocenters. The fourth-order valence-electron chi connectivity index (χ4n) is 3.34. The van der Waals surface area contributed by atoms with Crippen LogP contribution in [0.2, 0.25) is 0 Å². The van der Waals surface area contributed by atoms with E-state index in [0.29, 0.717) is 11.7 Å². The number of nitrogen functional groups attached to an aromatic ring is 1. The summed E-state index contributed by atoms with van der Waals surface area (Å²) in [7, 11) is 0. The van der Waals surface area contributed by atoms with E-state index in [1.54, 1.807) is 0 Å². The minimum absolute atomic E-state index is 0.216. The fraction of sp³-hybridized carbons (Fsp3) is 0.611. The third kappa shape index (κ3) is 2.89. The maximum Gasteiger partial charge on any atom is 0.145 e. The van der Waals surface area contributed by atoms with Crippen LogP contribution in [0.3, 0.4) is 0 Å². The molecule has 0 radical (unpaired) electrons. The van der Waals surface area contributed by atoms with Crippen molar-refractivity contribution in [2.75, 3.05) is 5.73 Å². The van der Waals surface area contributed by atoms with Gasteiger partial charge < -0.3 is 5.73 Å². The van der Waals surface area contributed by atoms with Gasteiger partial charge in [0.25, 0.3) is 0 Å². The SMILES string of the molecule is CC1CCC(C(=O)C(C)(C)c2ccc(N)cc2)CC1C. The van der Waals surface area contributed by atoms with Gasteiger partial charge in [-0.1, -0.05) is 26.0 Å². The average molecular weight is 273 g/mol. The number of hydrogen-bond acceptors (Lipinski definition) is 2. The molecule has 1 aromatic carbocycles. The molecule has 110 valence electrons. The zero-order valence-corrected chi connectivity index (χ0v) is 13.1. The smallest absolute Gasteiger partial charge is 0.145 e. The van der Waals surface area contributed by atoms with Gasteiger partial charge in [-0.25, -0.2) is 0 Å². The van der Waals surface area contributed by atoms with Crippen molar-refractivity contribution in [3.05, 3.63) is 29.8 Å². The predicted molar refractivity (Wildman–Crippen MR) is 84.6 cm³/mol. The molecule has 1 saturated carbocycles. The van der Waals surface area contributed by atoms with Crippen molar-refractivity contribution in [1.29, 1.82) is 0 Å². The van der Waals surface area contributed by atoms with Crippen LogP contribution in [-0.2, 0) is 10.2 Å². The van der Waals surface area contributed by atoms with Crippen LogP contribution in [0.5, 0.6) is 0 Å². The fourth-order valence-corrected chi connectivity index (χ4v) is 3.34. The lowest BCUT2D eigenvalue weighted by Crippen LogP contribution is -2.38. The topological polar surface area (TPSA) is 43.1 Å². The van der Waals surface area contributed by atoms with Gasteiger partial charge in [0.2, 0.25) is 0 Å². The van der Waals surface area contributed by atoms with Crippen LogP contribution >= 0.6 is 0 Å². The van der Waals surface area contributed by atoms with E-state index in [9.17, 15) is 4.79 Å². The van der Waals surface area contributed by atoms with Gasteiger partial charge in [-0.2, -0.15) is 0 Å². The monoisotopic (exact) mass is 273 g/mol. The number of benzene rings is 1. The van der Waals surface area contributed by atoms with Crippen LogP contribution < -0.4 is 5.73 Å². The van der Waals surface area contributed by atoms with Crippen molar-refractivity contribution >= 4 is 11.5 Å². The quantitative estimate of drug-likeness (QED) is 0.839. The Bertz CT molecular complexity index is 475. The molecule has 2 heteroatoms. The second kappa shape index (κ2) is 5.59. The molecular formula is C18H27NO. The first-order chi connectivity index (χ1) is 9.32. The molecule has 0 heterocycles. The molecular weight excluding hydrogens is 246 g/mol. The maximum absolute atomic E-state index is 12.9. The van der Waals surface area contributed by atoms with Crippen LogP contribution in [0.15, 0.2) is 24.3 Å². The standard InChI is InChI=1S/C18H27NO/c1-12-5-6-14(11-13(12)2)17(20)18(3,4)15-7-9-16(19)10-8-15/h7-10,12-14H,5-6,11,19H2,1-4H3. The normalized spacial score (nSPS) is 27.3. The summed E-state index contributed by atoms with van der Waals surface area (Å²) >= 11 is 0. The number of anilines is 1. The molecule has 3 atom stereocenters. The van der Waals surface area contributed by atoms with E-state index >= 15 is 0 Å². The summed E-state index contributed by atoms with van der Waals surface area (Å²) in [4.78, 5) is 12.9. The summed E-state index contributed by atoms with van der Waals surface area (Å²) in [5.74, 6) is 2.01. The second-order valence-corrected chi connectivity index (χ2v) is 7.08. The molecule has 1 aliphatic carbocycles. The molecule has 20 heavy (non-hydrogen) atoms. The van der Waals surface area contributed by atoms with Gasteiger partial charge in [0.15, 0.2) is 0 Å². The number of hydrogen-bond donors (Lipinski definition) is 1. The molecule has 0 amide bonds. The first-order valence-electron chi connectivity index (χ1n) is 7.72. The first-order valence-corrected chi connectivity index (χ1v) is 7.72. The molecule has 0 bridgehead atoms. The Morgan fingerprint density at radius 1 is 1.10 bits per heavy atom. The number of nitrogens with two attached hydrogens (primary N) is 1. The molecule has 0 aromatic heterocycles. The summed E-state index contributed by atoms with van der Waals surface area (Å²) in [6, 6.07) is 7.75. The van der Waals surface area contributed by atoms with Crippen LogP contribution in [0.4, 0.5) is 5.69 Å². The van der Waals surface area contributed by atoms with E-state index in [1.807, 2.05) is 38.1 Å². The Morgan fingerprint density at radius 2 is 1.70 bits per heavy atom. The highest BCUT2D eigenvalue weighted by molar-refractivity contribution is 5.91. The molecule has 0 saturated heterocycles. The maximum atomic E-state index is 12.9. The van der Waals surface area contributed by atoms with Gasteiger partial charge in [-0.05, 0) is 62.6 Å². The van der Waals surface area contributed by atoms with Gasteiger partial charge in [-0.3, -0.25) is 4.79 Å². The first kappa shape index (κ1) is 15.1.